The highest BCUT2D eigenvalue weighted by Crippen LogP contribution is 2.59. The lowest BCUT2D eigenvalue weighted by molar-refractivity contribution is -0.146. The molecular formula is C23H43FO3Si. The lowest BCUT2D eigenvalue weighted by Crippen LogP contribution is -2.50. The van der Waals surface area contributed by atoms with Crippen molar-refractivity contribution in [2.75, 3.05) is 7.11 Å². The van der Waals surface area contributed by atoms with Gasteiger partial charge in [-0.1, -0.05) is 41.0 Å². The van der Waals surface area contributed by atoms with Crippen molar-refractivity contribution in [3.05, 3.63) is 0 Å². The molecule has 2 aliphatic rings. The molecular weight excluding hydrogens is 371 g/mol. The van der Waals surface area contributed by atoms with Gasteiger partial charge in [0, 0.05) is 6.10 Å². The first-order valence-corrected chi connectivity index (χ1v) is 14.1. The van der Waals surface area contributed by atoms with E-state index in [4.69, 9.17) is 4.43 Å². The Bertz CT molecular complexity index is 544. The van der Waals surface area contributed by atoms with Crippen LogP contribution in [0.15, 0.2) is 0 Å². The van der Waals surface area contributed by atoms with Crippen LogP contribution in [-0.4, -0.2) is 33.7 Å². The van der Waals surface area contributed by atoms with E-state index in [-0.39, 0.29) is 16.9 Å². The summed E-state index contributed by atoms with van der Waals surface area (Å²) in [7, 11) is -0.527. The zero-order valence-electron chi connectivity index (χ0n) is 19.4. The Morgan fingerprint density at radius 1 is 1.21 bits per heavy atom. The number of rotatable bonds is 7. The SMILES string of the molecule is COC(=O)[C@H](F)CC[C@@H](C)[C@H]1CC[C@H]2[C@@H](O[Si](C)(C)C(C)(C)C)CCC[C@]12C. The third kappa shape index (κ3) is 4.83. The van der Waals surface area contributed by atoms with E-state index in [0.29, 0.717) is 23.9 Å². The molecule has 0 unspecified atom stereocenters. The maximum atomic E-state index is 13.9. The second-order valence-electron chi connectivity index (χ2n) is 11.2. The van der Waals surface area contributed by atoms with Crippen LogP contribution in [0.3, 0.4) is 0 Å². The van der Waals surface area contributed by atoms with E-state index in [1.54, 1.807) is 0 Å². The molecule has 2 aliphatic carbocycles. The first-order chi connectivity index (χ1) is 12.8. The van der Waals surface area contributed by atoms with Crippen molar-refractivity contribution in [3.8, 4) is 0 Å². The number of hydrogen-bond acceptors (Lipinski definition) is 3. The third-order valence-corrected chi connectivity index (χ3v) is 12.9. The van der Waals surface area contributed by atoms with Gasteiger partial charge in [0.1, 0.15) is 0 Å². The summed E-state index contributed by atoms with van der Waals surface area (Å²) in [6.07, 6.45) is 5.99. The Hall–Kier alpha value is -0.423. The Kier molecular flexibility index (Phi) is 7.45. The summed E-state index contributed by atoms with van der Waals surface area (Å²) in [5, 5.41) is 0.232. The number of carbonyl (C=O) groups is 1. The molecule has 0 spiro atoms. The number of hydrogen-bond donors (Lipinski definition) is 0. The zero-order valence-corrected chi connectivity index (χ0v) is 20.4. The second-order valence-corrected chi connectivity index (χ2v) is 15.9. The summed E-state index contributed by atoms with van der Waals surface area (Å²) in [6.45, 7) is 16.4. The molecule has 0 saturated heterocycles. The summed E-state index contributed by atoms with van der Waals surface area (Å²) in [6, 6.07) is 0. The van der Waals surface area contributed by atoms with Gasteiger partial charge in [-0.3, -0.25) is 0 Å². The standard InChI is InChI=1S/C23H43FO3Si/c1-16(11-14-19(24)21(25)26-6)17-12-13-18-20(10-9-15-23(17,18)5)27-28(7,8)22(2,3)4/h16-20H,9-15H2,1-8H3/t16-,17-,18+,19-,20+,23-/m1/s1. The highest BCUT2D eigenvalue weighted by Gasteiger charge is 2.54. The van der Waals surface area contributed by atoms with Crippen molar-refractivity contribution in [1.82, 2.24) is 0 Å². The molecule has 0 aromatic rings. The average molecular weight is 415 g/mol. The minimum Gasteiger partial charge on any atom is -0.467 e. The molecule has 2 rings (SSSR count). The van der Waals surface area contributed by atoms with Crippen LogP contribution in [0.4, 0.5) is 4.39 Å². The lowest BCUT2D eigenvalue weighted by atomic mass is 9.61. The van der Waals surface area contributed by atoms with Crippen LogP contribution in [0.5, 0.6) is 0 Å². The third-order valence-electron chi connectivity index (χ3n) is 8.41. The molecule has 6 atom stereocenters. The first kappa shape index (κ1) is 23.9. The van der Waals surface area contributed by atoms with Crippen LogP contribution in [-0.2, 0) is 14.0 Å². The summed E-state index contributed by atoms with van der Waals surface area (Å²) >= 11 is 0. The van der Waals surface area contributed by atoms with Crippen molar-refractivity contribution in [1.29, 1.82) is 0 Å². The minimum absolute atomic E-state index is 0.232. The molecule has 2 fully saturated rings. The summed E-state index contributed by atoms with van der Waals surface area (Å²) < 4.78 is 25.4. The van der Waals surface area contributed by atoms with Crippen LogP contribution in [0.25, 0.3) is 0 Å². The highest BCUT2D eigenvalue weighted by atomic mass is 28.4. The van der Waals surface area contributed by atoms with Crippen molar-refractivity contribution in [2.45, 2.75) is 110 Å². The largest absolute Gasteiger partial charge is 0.467 e. The van der Waals surface area contributed by atoms with E-state index >= 15 is 0 Å². The normalized spacial score (nSPS) is 33.2. The molecule has 0 aromatic carbocycles. The average Bonchev–Trinajstić information content (AvgIpc) is 2.95. The van der Waals surface area contributed by atoms with Gasteiger partial charge in [0.25, 0.3) is 0 Å². The van der Waals surface area contributed by atoms with Crippen LogP contribution < -0.4 is 0 Å². The highest BCUT2D eigenvalue weighted by molar-refractivity contribution is 6.74. The molecule has 0 radical (unpaired) electrons. The van der Waals surface area contributed by atoms with Gasteiger partial charge in [-0.2, -0.15) is 0 Å². The first-order valence-electron chi connectivity index (χ1n) is 11.2. The van der Waals surface area contributed by atoms with E-state index in [0.717, 1.165) is 6.42 Å². The van der Waals surface area contributed by atoms with Crippen LogP contribution in [0, 0.1) is 23.2 Å². The predicted octanol–water partition coefficient (Wildman–Crippen LogP) is 6.52. The van der Waals surface area contributed by atoms with Gasteiger partial charge in [0.05, 0.1) is 7.11 Å². The van der Waals surface area contributed by atoms with Crippen LogP contribution in [0.1, 0.15) is 79.6 Å². The van der Waals surface area contributed by atoms with Crippen molar-refractivity contribution in [2.24, 2.45) is 23.2 Å². The Morgan fingerprint density at radius 2 is 1.86 bits per heavy atom. The zero-order chi connectivity index (χ0) is 21.3. The van der Waals surface area contributed by atoms with Crippen molar-refractivity contribution >= 4 is 14.3 Å². The molecule has 2 saturated carbocycles. The number of ether oxygens (including phenoxy) is 1. The maximum absolute atomic E-state index is 13.9. The summed E-state index contributed by atoms with van der Waals surface area (Å²) in [4.78, 5) is 11.4. The molecule has 0 amide bonds. The van der Waals surface area contributed by atoms with Gasteiger partial charge in [-0.05, 0) is 79.8 Å². The van der Waals surface area contributed by atoms with Gasteiger partial charge in [-0.25, -0.2) is 9.18 Å². The van der Waals surface area contributed by atoms with E-state index in [9.17, 15) is 9.18 Å². The second kappa shape index (κ2) is 8.75. The number of fused-ring (bicyclic) bond motifs is 1. The maximum Gasteiger partial charge on any atom is 0.340 e. The molecule has 28 heavy (non-hydrogen) atoms. The quantitative estimate of drug-likeness (QED) is 0.351. The summed E-state index contributed by atoms with van der Waals surface area (Å²) in [5.41, 5.74) is 0.280. The van der Waals surface area contributed by atoms with Gasteiger partial charge in [-0.15, -0.1) is 0 Å². The fraction of sp³-hybridized carbons (Fsp3) is 0.957. The van der Waals surface area contributed by atoms with E-state index < -0.39 is 20.5 Å². The lowest BCUT2D eigenvalue weighted by Gasteiger charge is -2.50. The fourth-order valence-corrected chi connectivity index (χ4v) is 7.04. The van der Waals surface area contributed by atoms with Crippen molar-refractivity contribution in [3.63, 3.8) is 0 Å². The molecule has 3 nitrogen and oxygen atoms in total. The van der Waals surface area contributed by atoms with Crippen LogP contribution in [0.2, 0.25) is 18.1 Å². The van der Waals surface area contributed by atoms with E-state index in [1.807, 2.05) is 0 Å². The van der Waals surface area contributed by atoms with Gasteiger partial charge < -0.3 is 9.16 Å². The molecule has 0 heterocycles. The van der Waals surface area contributed by atoms with E-state index in [2.05, 4.69) is 52.4 Å². The molecule has 0 aliphatic heterocycles. The number of halogens is 1. The van der Waals surface area contributed by atoms with Gasteiger partial charge in [0.15, 0.2) is 14.5 Å². The monoisotopic (exact) mass is 414 g/mol. The van der Waals surface area contributed by atoms with Gasteiger partial charge >= 0.3 is 5.97 Å². The number of carbonyl (C=O) groups excluding carboxylic acids is 1. The molecule has 5 heteroatoms. The Labute approximate surface area is 173 Å². The number of methoxy groups -OCH3 is 1. The van der Waals surface area contributed by atoms with Crippen molar-refractivity contribution < 1.29 is 18.3 Å². The number of esters is 1. The summed E-state index contributed by atoms with van der Waals surface area (Å²) in [5.74, 6) is 0.894. The van der Waals surface area contributed by atoms with Gasteiger partial charge in [0.2, 0.25) is 0 Å². The predicted molar refractivity (Wildman–Crippen MR) is 116 cm³/mol. The topological polar surface area (TPSA) is 35.5 Å². The molecule has 0 bridgehead atoms. The van der Waals surface area contributed by atoms with E-state index in [1.165, 1.54) is 39.2 Å². The fourth-order valence-electron chi connectivity index (χ4n) is 5.65. The number of alkyl halides is 1. The molecule has 0 N–H and O–H groups in total. The minimum atomic E-state index is -1.78. The van der Waals surface area contributed by atoms with Crippen LogP contribution >= 0.6 is 0 Å². The Balaban J connectivity index is 2.05. The Morgan fingerprint density at radius 3 is 2.43 bits per heavy atom. The molecule has 0 aromatic heterocycles. The molecule has 164 valence electrons. The smallest absolute Gasteiger partial charge is 0.340 e.